The summed E-state index contributed by atoms with van der Waals surface area (Å²) in [6.45, 7) is 3.76. The summed E-state index contributed by atoms with van der Waals surface area (Å²) in [4.78, 5) is 28.9. The minimum absolute atomic E-state index is 0.200. The molecule has 7 nitrogen and oxygen atoms in total. The normalized spacial score (nSPS) is 16.5. The number of carbonyl (C=O) groups excluding carboxylic acids is 2. The molecule has 0 radical (unpaired) electrons. The van der Waals surface area contributed by atoms with Crippen LogP contribution in [0.25, 0.3) is 16.8 Å². The van der Waals surface area contributed by atoms with Gasteiger partial charge in [-0.05, 0) is 42.8 Å². The van der Waals surface area contributed by atoms with E-state index in [2.05, 4.69) is 10.3 Å². The van der Waals surface area contributed by atoms with Gasteiger partial charge in [-0.3, -0.25) is 9.69 Å². The van der Waals surface area contributed by atoms with E-state index in [1.165, 1.54) is 17.9 Å². The molecule has 0 saturated carbocycles. The number of carbonyl (C=O) groups is 2. The lowest BCUT2D eigenvalue weighted by Gasteiger charge is -2.14. The van der Waals surface area contributed by atoms with E-state index < -0.39 is 18.0 Å². The van der Waals surface area contributed by atoms with E-state index in [0.717, 1.165) is 11.3 Å². The molecule has 0 unspecified atom stereocenters. The molecule has 1 atom stereocenters. The van der Waals surface area contributed by atoms with E-state index in [1.807, 2.05) is 35.9 Å². The summed E-state index contributed by atoms with van der Waals surface area (Å²) in [5.74, 6) is -0.641. The Kier molecular flexibility index (Phi) is 4.46. The van der Waals surface area contributed by atoms with Gasteiger partial charge in [-0.15, -0.1) is 0 Å². The van der Waals surface area contributed by atoms with Crippen molar-refractivity contribution in [1.29, 1.82) is 0 Å². The van der Waals surface area contributed by atoms with Crippen LogP contribution >= 0.6 is 0 Å². The molecule has 0 spiro atoms. The lowest BCUT2D eigenvalue weighted by Crippen LogP contribution is -2.33. The number of aromatic nitrogens is 2. The quantitative estimate of drug-likeness (QED) is 0.753. The van der Waals surface area contributed by atoms with Gasteiger partial charge in [-0.1, -0.05) is 0 Å². The Hall–Kier alpha value is -3.42. The Morgan fingerprint density at radius 3 is 2.93 bits per heavy atom. The molecule has 1 aliphatic heterocycles. The number of fused-ring (bicyclic) bond motifs is 1. The van der Waals surface area contributed by atoms with Crippen molar-refractivity contribution in [2.45, 2.75) is 20.0 Å². The molecular formula is C20H19FN4O3. The maximum atomic E-state index is 14.8. The van der Waals surface area contributed by atoms with Gasteiger partial charge >= 0.3 is 6.09 Å². The maximum Gasteiger partial charge on any atom is 0.414 e. The zero-order valence-corrected chi connectivity index (χ0v) is 15.5. The van der Waals surface area contributed by atoms with E-state index >= 15 is 0 Å². The third kappa shape index (κ3) is 3.40. The standard InChI is InChI=1S/C20H19FN4O3/c1-12-10-24-6-5-14(7-19(24)23-12)17-4-3-15(8-18(17)21)25-11-16(28-20(25)27)9-22-13(2)26/h3-8,10,16H,9,11H2,1-2H3,(H,22,26)/t16-/m0/s1. The minimum Gasteiger partial charge on any atom is -0.442 e. The zero-order valence-electron chi connectivity index (χ0n) is 15.5. The van der Waals surface area contributed by atoms with Gasteiger partial charge < -0.3 is 14.5 Å². The van der Waals surface area contributed by atoms with E-state index in [9.17, 15) is 14.0 Å². The van der Waals surface area contributed by atoms with Crippen molar-refractivity contribution in [3.05, 3.63) is 54.2 Å². The summed E-state index contributed by atoms with van der Waals surface area (Å²) in [5.41, 5.74) is 3.16. The first kappa shape index (κ1) is 18.0. The number of imidazole rings is 1. The molecular weight excluding hydrogens is 363 g/mol. The number of rotatable bonds is 4. The number of hydrogen-bond acceptors (Lipinski definition) is 4. The number of pyridine rings is 1. The van der Waals surface area contributed by atoms with Gasteiger partial charge in [0.05, 0.1) is 24.5 Å². The number of nitrogens with one attached hydrogen (secondary N) is 1. The molecule has 1 aromatic carbocycles. The van der Waals surface area contributed by atoms with Crippen molar-refractivity contribution in [1.82, 2.24) is 14.7 Å². The van der Waals surface area contributed by atoms with Crippen LogP contribution in [-0.4, -0.2) is 40.6 Å². The van der Waals surface area contributed by atoms with Crippen LogP contribution in [0, 0.1) is 12.7 Å². The second-order valence-corrected chi connectivity index (χ2v) is 6.78. The first-order chi connectivity index (χ1) is 13.4. The Bertz CT molecular complexity index is 1080. The molecule has 8 heteroatoms. The highest BCUT2D eigenvalue weighted by Crippen LogP contribution is 2.29. The van der Waals surface area contributed by atoms with Crippen molar-refractivity contribution < 1.29 is 18.7 Å². The SMILES string of the molecule is CC(=O)NC[C@H]1CN(c2ccc(-c3ccn4cc(C)nc4c3)c(F)c2)C(=O)O1. The zero-order chi connectivity index (χ0) is 19.8. The number of aryl methyl sites for hydroxylation is 1. The fourth-order valence-corrected chi connectivity index (χ4v) is 3.28. The average Bonchev–Trinajstić information content (AvgIpc) is 3.20. The smallest absolute Gasteiger partial charge is 0.414 e. The Morgan fingerprint density at radius 1 is 1.36 bits per heavy atom. The highest BCUT2D eigenvalue weighted by molar-refractivity contribution is 5.90. The molecule has 0 aliphatic carbocycles. The first-order valence-electron chi connectivity index (χ1n) is 8.88. The fraction of sp³-hybridized carbons (Fsp3) is 0.250. The van der Waals surface area contributed by atoms with Crippen molar-refractivity contribution in [3.63, 3.8) is 0 Å². The molecule has 1 N–H and O–H groups in total. The van der Waals surface area contributed by atoms with E-state index in [4.69, 9.17) is 4.74 Å². The van der Waals surface area contributed by atoms with Crippen LogP contribution in [0.5, 0.6) is 0 Å². The Morgan fingerprint density at radius 2 is 2.18 bits per heavy atom. The molecule has 3 heterocycles. The Labute approximate surface area is 160 Å². The highest BCUT2D eigenvalue weighted by atomic mass is 19.1. The number of cyclic esters (lactones) is 1. The topological polar surface area (TPSA) is 75.9 Å². The van der Waals surface area contributed by atoms with Gasteiger partial charge in [-0.2, -0.15) is 0 Å². The average molecular weight is 382 g/mol. The van der Waals surface area contributed by atoms with Crippen molar-refractivity contribution in [2.75, 3.05) is 18.0 Å². The lowest BCUT2D eigenvalue weighted by molar-refractivity contribution is -0.119. The minimum atomic E-state index is -0.559. The number of ether oxygens (including phenoxy) is 1. The molecule has 3 aromatic rings. The van der Waals surface area contributed by atoms with Crippen LogP contribution in [0.2, 0.25) is 0 Å². The van der Waals surface area contributed by atoms with E-state index in [-0.39, 0.29) is 19.0 Å². The predicted octanol–water partition coefficient (Wildman–Crippen LogP) is 2.91. The highest BCUT2D eigenvalue weighted by Gasteiger charge is 2.32. The first-order valence-corrected chi connectivity index (χ1v) is 8.88. The van der Waals surface area contributed by atoms with Crippen LogP contribution in [0.15, 0.2) is 42.7 Å². The summed E-state index contributed by atoms with van der Waals surface area (Å²) in [6, 6.07) is 8.28. The van der Waals surface area contributed by atoms with Gasteiger partial charge in [0.2, 0.25) is 5.91 Å². The number of amides is 2. The molecule has 28 heavy (non-hydrogen) atoms. The molecule has 0 bridgehead atoms. The van der Waals surface area contributed by atoms with Crippen molar-refractivity contribution in [2.24, 2.45) is 0 Å². The summed E-state index contributed by atoms with van der Waals surface area (Å²) in [6.07, 6.45) is 2.71. The van der Waals surface area contributed by atoms with Gasteiger partial charge in [0.15, 0.2) is 0 Å². The maximum absolute atomic E-state index is 14.8. The number of hydrogen-bond donors (Lipinski definition) is 1. The predicted molar refractivity (Wildman–Crippen MR) is 102 cm³/mol. The monoisotopic (exact) mass is 382 g/mol. The van der Waals surface area contributed by atoms with Gasteiger partial charge in [0, 0.05) is 24.9 Å². The molecule has 1 saturated heterocycles. The van der Waals surface area contributed by atoms with Crippen molar-refractivity contribution in [3.8, 4) is 11.1 Å². The second kappa shape index (κ2) is 6.95. The molecule has 2 aromatic heterocycles. The molecule has 1 fully saturated rings. The molecule has 1 aliphatic rings. The molecule has 2 amide bonds. The second-order valence-electron chi connectivity index (χ2n) is 6.78. The van der Waals surface area contributed by atoms with Crippen LogP contribution < -0.4 is 10.2 Å². The van der Waals surface area contributed by atoms with Gasteiger partial charge in [0.1, 0.15) is 17.6 Å². The summed E-state index contributed by atoms with van der Waals surface area (Å²) in [5, 5.41) is 2.61. The summed E-state index contributed by atoms with van der Waals surface area (Å²) in [7, 11) is 0. The number of anilines is 1. The van der Waals surface area contributed by atoms with Gasteiger partial charge in [0.25, 0.3) is 0 Å². The third-order valence-electron chi connectivity index (χ3n) is 4.61. The van der Waals surface area contributed by atoms with Crippen LogP contribution in [-0.2, 0) is 9.53 Å². The van der Waals surface area contributed by atoms with Crippen LogP contribution in [0.3, 0.4) is 0 Å². The summed E-state index contributed by atoms with van der Waals surface area (Å²) >= 11 is 0. The Balaban J connectivity index is 1.57. The third-order valence-corrected chi connectivity index (χ3v) is 4.61. The number of benzene rings is 1. The molecule has 144 valence electrons. The number of nitrogens with zero attached hydrogens (tertiary/aromatic N) is 3. The van der Waals surface area contributed by atoms with E-state index in [1.54, 1.807) is 12.1 Å². The molecule has 4 rings (SSSR count). The largest absolute Gasteiger partial charge is 0.442 e. The van der Waals surface area contributed by atoms with Crippen LogP contribution in [0.1, 0.15) is 12.6 Å². The summed E-state index contributed by atoms with van der Waals surface area (Å²) < 4.78 is 21.9. The van der Waals surface area contributed by atoms with Crippen LogP contribution in [0.4, 0.5) is 14.9 Å². The fourth-order valence-electron chi connectivity index (χ4n) is 3.28. The van der Waals surface area contributed by atoms with Crippen molar-refractivity contribution >= 4 is 23.3 Å². The number of halogens is 1. The van der Waals surface area contributed by atoms with E-state index in [0.29, 0.717) is 16.8 Å². The lowest BCUT2D eigenvalue weighted by atomic mass is 10.1. The van der Waals surface area contributed by atoms with Gasteiger partial charge in [-0.25, -0.2) is 14.2 Å².